The fourth-order valence-corrected chi connectivity index (χ4v) is 2.01. The molecule has 0 aromatic carbocycles. The molecule has 1 spiro atoms. The molecule has 69 valence electrons. The monoisotopic (exact) mass is 340 g/mol. The summed E-state index contributed by atoms with van der Waals surface area (Å²) in [5, 5.41) is 7.20. The molecule has 2 aliphatic rings. The molecule has 0 aromatic heterocycles. The summed E-state index contributed by atoms with van der Waals surface area (Å²) in [5.41, 5.74) is -0.0851. The first-order chi connectivity index (χ1) is 5.33. The number of carbonyl (C=O) groups is 1. The quantitative estimate of drug-likeness (QED) is 0.705. The Morgan fingerprint density at radius 1 is 1.42 bits per heavy atom. The number of nitrogens with one attached hydrogen (secondary N) is 1. The molecule has 12 heavy (non-hydrogen) atoms. The van der Waals surface area contributed by atoms with Crippen LogP contribution in [-0.2, 0) is 25.2 Å². The van der Waals surface area contributed by atoms with Crippen molar-refractivity contribution in [3.05, 3.63) is 5.32 Å². The van der Waals surface area contributed by atoms with Gasteiger partial charge in [0.2, 0.25) is 0 Å². The van der Waals surface area contributed by atoms with Crippen LogP contribution < -0.4 is 5.32 Å². The van der Waals surface area contributed by atoms with E-state index in [1.165, 1.54) is 0 Å². The molecule has 2 aliphatic heterocycles. The number of amides is 1. The van der Waals surface area contributed by atoms with E-state index in [4.69, 9.17) is 0 Å². The van der Waals surface area contributed by atoms with Gasteiger partial charge in [0.05, 0.1) is 5.91 Å². The second-order valence-electron chi connectivity index (χ2n) is 3.50. The Labute approximate surface area is 86.3 Å². The fourth-order valence-electron chi connectivity index (χ4n) is 2.01. The number of rotatable bonds is 0. The average molecular weight is 339 g/mol. The van der Waals surface area contributed by atoms with Gasteiger partial charge >= 0.3 is 0 Å². The normalized spacial score (nSPS) is 34.5. The number of carbonyl (C=O) groups excluding carboxylic acids is 1. The van der Waals surface area contributed by atoms with Crippen LogP contribution in [-0.4, -0.2) is 25.5 Å². The molecular weight excluding hydrogens is 326 g/mol. The summed E-state index contributed by atoms with van der Waals surface area (Å²) in [6.07, 6.45) is 3.14. The molecule has 3 nitrogen and oxygen atoms in total. The average Bonchev–Trinajstić information content (AvgIpc) is 2.36. The van der Waals surface area contributed by atoms with E-state index in [0.29, 0.717) is 0 Å². The molecule has 1 atom stereocenters. The van der Waals surface area contributed by atoms with Crippen molar-refractivity contribution in [3.8, 4) is 0 Å². The smallest absolute Gasteiger partial charge is 0.0586 e. The van der Waals surface area contributed by atoms with E-state index >= 15 is 0 Å². The predicted molar refractivity (Wildman–Crippen MR) is 42.4 cm³/mol. The van der Waals surface area contributed by atoms with Crippen molar-refractivity contribution in [2.45, 2.75) is 19.3 Å². The van der Waals surface area contributed by atoms with Crippen LogP contribution in [0, 0.1) is 5.41 Å². The van der Waals surface area contributed by atoms with Crippen molar-refractivity contribution in [1.82, 2.24) is 5.32 Å². The molecule has 1 radical (unpaired) electrons. The van der Waals surface area contributed by atoms with Gasteiger partial charge in [-0.3, -0.25) is 0 Å². The Hall–Kier alpha value is 0.0923. The maximum atomic E-state index is 11.3. The van der Waals surface area contributed by atoms with E-state index in [-0.39, 0.29) is 31.7 Å². The summed E-state index contributed by atoms with van der Waals surface area (Å²) in [6.45, 7) is 2.67. The van der Waals surface area contributed by atoms with Gasteiger partial charge in [-0.2, -0.15) is 0 Å². The van der Waals surface area contributed by atoms with Crippen molar-refractivity contribution in [3.63, 3.8) is 0 Å². The standard InChI is InChI=1S/C8H14N2O.Re/c11-7-8(3-5-10-7)2-1-4-9-6-8;/h9H,1-6H2,(H,10,11);/p-1. The number of hydrogen-bond acceptors (Lipinski definition) is 2. The molecule has 2 heterocycles. The van der Waals surface area contributed by atoms with Crippen LogP contribution in [0.4, 0.5) is 0 Å². The first-order valence-electron chi connectivity index (χ1n) is 4.26. The molecule has 1 N–H and O–H groups in total. The van der Waals surface area contributed by atoms with Crippen molar-refractivity contribution in [2.75, 3.05) is 19.6 Å². The molecule has 0 aromatic rings. The molecule has 4 heteroatoms. The first kappa shape index (κ1) is 10.2. The zero-order chi connectivity index (χ0) is 7.73. The molecule has 1 amide bonds. The van der Waals surface area contributed by atoms with Crippen molar-refractivity contribution < 1.29 is 25.2 Å². The number of piperidine rings is 1. The van der Waals surface area contributed by atoms with Crippen LogP contribution in [0.25, 0.3) is 5.32 Å². The zero-order valence-electron chi connectivity index (χ0n) is 6.98. The van der Waals surface area contributed by atoms with Crippen molar-refractivity contribution >= 4 is 5.91 Å². The van der Waals surface area contributed by atoms with Gasteiger partial charge in [-0.1, -0.05) is 6.42 Å². The zero-order valence-corrected chi connectivity index (χ0v) is 9.69. The molecule has 2 rings (SSSR count). The van der Waals surface area contributed by atoms with E-state index in [1.807, 2.05) is 0 Å². The van der Waals surface area contributed by atoms with Crippen molar-refractivity contribution in [2.24, 2.45) is 5.41 Å². The SMILES string of the molecule is O=C1[N-]CCC12CCCNC2.[Re]. The maximum absolute atomic E-state index is 11.3. The molecule has 1 unspecified atom stereocenters. The minimum atomic E-state index is -0.0851. The second-order valence-corrected chi connectivity index (χ2v) is 3.50. The Balaban J connectivity index is 0.000000720. The predicted octanol–water partition coefficient (Wildman–Crippen LogP) is 0.658. The van der Waals surface area contributed by atoms with E-state index in [0.717, 1.165) is 38.9 Å². The molecule has 0 aliphatic carbocycles. The molecule has 2 saturated heterocycles. The number of hydrogen-bond donors (Lipinski definition) is 1. The third-order valence-electron chi connectivity index (χ3n) is 2.77. The third-order valence-corrected chi connectivity index (χ3v) is 2.77. The van der Waals surface area contributed by atoms with Gasteiger partial charge in [0, 0.05) is 32.4 Å². The Morgan fingerprint density at radius 2 is 2.25 bits per heavy atom. The van der Waals surface area contributed by atoms with Gasteiger partial charge in [-0.15, -0.1) is 6.54 Å². The minimum absolute atomic E-state index is 0. The Kier molecular flexibility index (Phi) is 3.28. The molecule has 0 bridgehead atoms. The first-order valence-corrected chi connectivity index (χ1v) is 4.26. The van der Waals surface area contributed by atoms with Crippen LogP contribution in [0.1, 0.15) is 19.3 Å². The molecule has 0 saturated carbocycles. The van der Waals surface area contributed by atoms with Gasteiger partial charge in [-0.05, 0) is 19.4 Å². The van der Waals surface area contributed by atoms with Gasteiger partial charge in [-0.25, -0.2) is 0 Å². The van der Waals surface area contributed by atoms with E-state index in [9.17, 15) is 4.79 Å². The number of nitrogens with zero attached hydrogens (tertiary/aromatic N) is 1. The minimum Gasteiger partial charge on any atom is -0.653 e. The maximum Gasteiger partial charge on any atom is 0.0586 e. The summed E-state index contributed by atoms with van der Waals surface area (Å²) in [4.78, 5) is 11.3. The molecule has 2 fully saturated rings. The van der Waals surface area contributed by atoms with E-state index < -0.39 is 0 Å². The Morgan fingerprint density at radius 3 is 2.75 bits per heavy atom. The largest absolute Gasteiger partial charge is 0.653 e. The van der Waals surface area contributed by atoms with Crippen molar-refractivity contribution in [1.29, 1.82) is 0 Å². The third kappa shape index (κ3) is 1.56. The van der Waals surface area contributed by atoms with Gasteiger partial charge < -0.3 is 15.4 Å². The Bertz CT molecular complexity index is 178. The van der Waals surface area contributed by atoms with E-state index in [1.54, 1.807) is 0 Å². The summed E-state index contributed by atoms with van der Waals surface area (Å²) in [7, 11) is 0. The van der Waals surface area contributed by atoms with Crippen LogP contribution >= 0.6 is 0 Å². The fraction of sp³-hybridized carbons (Fsp3) is 0.875. The second kappa shape index (κ2) is 3.87. The van der Waals surface area contributed by atoms with Crippen LogP contribution in [0.2, 0.25) is 0 Å². The topological polar surface area (TPSA) is 43.2 Å². The molecular formula is C8H13N2ORe-. The van der Waals surface area contributed by atoms with Gasteiger partial charge in [0.25, 0.3) is 0 Å². The summed E-state index contributed by atoms with van der Waals surface area (Å²) in [6, 6.07) is 0. The summed E-state index contributed by atoms with van der Waals surface area (Å²) >= 11 is 0. The van der Waals surface area contributed by atoms with Crippen LogP contribution in [0.15, 0.2) is 0 Å². The van der Waals surface area contributed by atoms with Gasteiger partial charge in [0.1, 0.15) is 0 Å². The summed E-state index contributed by atoms with van der Waals surface area (Å²) in [5.74, 6) is 0.143. The van der Waals surface area contributed by atoms with E-state index in [2.05, 4.69) is 10.6 Å². The summed E-state index contributed by atoms with van der Waals surface area (Å²) < 4.78 is 0. The van der Waals surface area contributed by atoms with Crippen LogP contribution in [0.5, 0.6) is 0 Å². The van der Waals surface area contributed by atoms with Gasteiger partial charge in [0.15, 0.2) is 0 Å². The van der Waals surface area contributed by atoms with Crippen LogP contribution in [0.3, 0.4) is 0 Å².